The van der Waals surface area contributed by atoms with Crippen molar-refractivity contribution in [3.8, 4) is 17.0 Å². The lowest BCUT2D eigenvalue weighted by molar-refractivity contribution is 0.475. The second-order valence-corrected chi connectivity index (χ2v) is 5.40. The SMILES string of the molecule is Oc1cccc(/C=C/c2nc(-c3ccc(F)cc3)cs2)c1. The summed E-state index contributed by atoms with van der Waals surface area (Å²) in [5, 5.41) is 12.2. The molecule has 2 aromatic carbocycles. The van der Waals surface area contributed by atoms with E-state index in [0.717, 1.165) is 21.8 Å². The van der Waals surface area contributed by atoms with Crippen LogP contribution in [0, 0.1) is 5.82 Å². The molecule has 2 nitrogen and oxygen atoms in total. The minimum Gasteiger partial charge on any atom is -0.508 e. The van der Waals surface area contributed by atoms with Crippen LogP contribution in [0.15, 0.2) is 53.9 Å². The number of hydrogen-bond acceptors (Lipinski definition) is 3. The fourth-order valence-electron chi connectivity index (χ4n) is 1.91. The maximum atomic E-state index is 12.9. The second kappa shape index (κ2) is 5.89. The van der Waals surface area contributed by atoms with E-state index in [9.17, 15) is 9.50 Å². The lowest BCUT2D eigenvalue weighted by Crippen LogP contribution is -1.79. The number of aromatic hydroxyl groups is 1. The van der Waals surface area contributed by atoms with Crippen LogP contribution in [-0.2, 0) is 0 Å². The van der Waals surface area contributed by atoms with Crippen LogP contribution in [0.4, 0.5) is 4.39 Å². The van der Waals surface area contributed by atoms with Gasteiger partial charge in [-0.05, 0) is 48.0 Å². The fourth-order valence-corrected chi connectivity index (χ4v) is 2.63. The Hall–Kier alpha value is -2.46. The molecule has 4 heteroatoms. The molecule has 104 valence electrons. The third-order valence-corrected chi connectivity index (χ3v) is 3.76. The third kappa shape index (κ3) is 3.35. The maximum Gasteiger partial charge on any atom is 0.123 e. The van der Waals surface area contributed by atoms with Crippen LogP contribution in [0.1, 0.15) is 10.6 Å². The van der Waals surface area contributed by atoms with Gasteiger partial charge in [0.05, 0.1) is 5.69 Å². The molecule has 21 heavy (non-hydrogen) atoms. The van der Waals surface area contributed by atoms with Gasteiger partial charge in [0.25, 0.3) is 0 Å². The van der Waals surface area contributed by atoms with E-state index in [1.165, 1.54) is 23.5 Å². The molecule has 0 unspecified atom stereocenters. The predicted octanol–water partition coefficient (Wildman–Crippen LogP) is 4.83. The van der Waals surface area contributed by atoms with Crippen molar-refractivity contribution in [2.24, 2.45) is 0 Å². The summed E-state index contributed by atoms with van der Waals surface area (Å²) in [5.41, 5.74) is 2.63. The molecule has 0 bridgehead atoms. The van der Waals surface area contributed by atoms with Gasteiger partial charge in [0.15, 0.2) is 0 Å². The molecule has 0 atom stereocenters. The van der Waals surface area contributed by atoms with Crippen molar-refractivity contribution in [2.45, 2.75) is 0 Å². The van der Waals surface area contributed by atoms with Gasteiger partial charge in [0, 0.05) is 10.9 Å². The summed E-state index contributed by atoms with van der Waals surface area (Å²) in [6.45, 7) is 0. The van der Waals surface area contributed by atoms with E-state index >= 15 is 0 Å². The van der Waals surface area contributed by atoms with Gasteiger partial charge >= 0.3 is 0 Å². The van der Waals surface area contributed by atoms with Crippen molar-refractivity contribution in [1.82, 2.24) is 4.98 Å². The molecule has 1 aromatic heterocycles. The van der Waals surface area contributed by atoms with Crippen molar-refractivity contribution >= 4 is 23.5 Å². The summed E-state index contributed by atoms with van der Waals surface area (Å²) in [5.74, 6) is -0.0127. The average molecular weight is 297 g/mol. The molecule has 0 aliphatic rings. The first-order valence-corrected chi connectivity index (χ1v) is 7.27. The van der Waals surface area contributed by atoms with Gasteiger partial charge in [-0.1, -0.05) is 18.2 Å². The molecule has 0 spiro atoms. The highest BCUT2D eigenvalue weighted by molar-refractivity contribution is 7.10. The number of benzene rings is 2. The molecule has 0 amide bonds. The topological polar surface area (TPSA) is 33.1 Å². The van der Waals surface area contributed by atoms with Crippen LogP contribution < -0.4 is 0 Å². The number of rotatable bonds is 3. The lowest BCUT2D eigenvalue weighted by Gasteiger charge is -1.95. The molecule has 3 aromatic rings. The summed E-state index contributed by atoms with van der Waals surface area (Å²) in [7, 11) is 0. The number of nitrogens with zero attached hydrogens (tertiary/aromatic N) is 1. The Morgan fingerprint density at radius 3 is 2.62 bits per heavy atom. The van der Waals surface area contributed by atoms with E-state index in [0.29, 0.717) is 0 Å². The average Bonchev–Trinajstić information content (AvgIpc) is 2.95. The predicted molar refractivity (Wildman–Crippen MR) is 84.5 cm³/mol. The summed E-state index contributed by atoms with van der Waals surface area (Å²) in [4.78, 5) is 4.49. The molecule has 1 heterocycles. The van der Waals surface area contributed by atoms with Crippen LogP contribution in [0.5, 0.6) is 5.75 Å². The van der Waals surface area contributed by atoms with Crippen LogP contribution in [-0.4, -0.2) is 10.1 Å². The van der Waals surface area contributed by atoms with Crippen LogP contribution >= 0.6 is 11.3 Å². The zero-order valence-corrected chi connectivity index (χ0v) is 11.8. The van der Waals surface area contributed by atoms with Crippen molar-refractivity contribution < 1.29 is 9.50 Å². The second-order valence-electron chi connectivity index (χ2n) is 4.51. The Bertz CT molecular complexity index is 777. The van der Waals surface area contributed by atoms with Gasteiger partial charge in [-0.2, -0.15) is 0 Å². The third-order valence-electron chi connectivity index (χ3n) is 2.95. The van der Waals surface area contributed by atoms with E-state index in [1.807, 2.05) is 23.6 Å². The summed E-state index contributed by atoms with van der Waals surface area (Å²) in [6, 6.07) is 13.3. The molecule has 0 aliphatic heterocycles. The molecule has 0 fully saturated rings. The maximum absolute atomic E-state index is 12.9. The minimum absolute atomic E-state index is 0.239. The van der Waals surface area contributed by atoms with Gasteiger partial charge in [-0.3, -0.25) is 0 Å². The van der Waals surface area contributed by atoms with E-state index in [2.05, 4.69) is 4.98 Å². The Kier molecular flexibility index (Phi) is 3.79. The molecule has 0 aliphatic carbocycles. The highest BCUT2D eigenvalue weighted by atomic mass is 32.1. The Labute approximate surface area is 125 Å². The van der Waals surface area contributed by atoms with E-state index < -0.39 is 0 Å². The highest BCUT2D eigenvalue weighted by Crippen LogP contribution is 2.23. The van der Waals surface area contributed by atoms with E-state index in [1.54, 1.807) is 30.3 Å². The Balaban J connectivity index is 1.80. The van der Waals surface area contributed by atoms with Gasteiger partial charge < -0.3 is 5.11 Å². The molecule has 0 saturated carbocycles. The summed E-state index contributed by atoms with van der Waals surface area (Å²) < 4.78 is 12.9. The van der Waals surface area contributed by atoms with Crippen LogP contribution in [0.25, 0.3) is 23.4 Å². The summed E-state index contributed by atoms with van der Waals surface area (Å²) in [6.07, 6.45) is 3.79. The Morgan fingerprint density at radius 2 is 1.86 bits per heavy atom. The van der Waals surface area contributed by atoms with Crippen molar-refractivity contribution in [3.63, 3.8) is 0 Å². The lowest BCUT2D eigenvalue weighted by atomic mass is 10.2. The zero-order valence-electron chi connectivity index (χ0n) is 11.0. The molecule has 1 N–H and O–H groups in total. The fraction of sp³-hybridized carbons (Fsp3) is 0. The van der Waals surface area contributed by atoms with Gasteiger partial charge in [-0.15, -0.1) is 11.3 Å². The zero-order chi connectivity index (χ0) is 14.7. The molecule has 0 radical (unpaired) electrons. The normalized spacial score (nSPS) is 11.1. The number of phenols is 1. The highest BCUT2D eigenvalue weighted by Gasteiger charge is 2.02. The molecule has 0 saturated heterocycles. The van der Waals surface area contributed by atoms with Crippen molar-refractivity contribution in [2.75, 3.05) is 0 Å². The number of thiazole rings is 1. The van der Waals surface area contributed by atoms with Gasteiger partial charge in [0.1, 0.15) is 16.6 Å². The van der Waals surface area contributed by atoms with Gasteiger partial charge in [0.2, 0.25) is 0 Å². The van der Waals surface area contributed by atoms with Crippen LogP contribution in [0.3, 0.4) is 0 Å². The van der Waals surface area contributed by atoms with Gasteiger partial charge in [-0.25, -0.2) is 9.37 Å². The number of halogens is 1. The monoisotopic (exact) mass is 297 g/mol. The molecular formula is C17H12FNOS. The molecule has 3 rings (SSSR count). The number of phenolic OH excluding ortho intramolecular Hbond substituents is 1. The molecular weight excluding hydrogens is 285 g/mol. The number of aromatic nitrogens is 1. The Morgan fingerprint density at radius 1 is 1.05 bits per heavy atom. The standard InChI is InChI=1S/C17H12FNOS/c18-14-7-5-13(6-8-14)16-11-21-17(19-16)9-4-12-2-1-3-15(20)10-12/h1-11,20H/b9-4+. The largest absolute Gasteiger partial charge is 0.508 e. The minimum atomic E-state index is -0.252. The first-order chi connectivity index (χ1) is 10.2. The van der Waals surface area contributed by atoms with Crippen molar-refractivity contribution in [3.05, 3.63) is 70.3 Å². The van der Waals surface area contributed by atoms with E-state index in [-0.39, 0.29) is 11.6 Å². The number of hydrogen-bond donors (Lipinski definition) is 1. The van der Waals surface area contributed by atoms with E-state index in [4.69, 9.17) is 0 Å². The summed E-state index contributed by atoms with van der Waals surface area (Å²) >= 11 is 1.52. The first kappa shape index (κ1) is 13.5. The quantitative estimate of drug-likeness (QED) is 0.751. The van der Waals surface area contributed by atoms with Crippen LogP contribution in [0.2, 0.25) is 0 Å². The first-order valence-electron chi connectivity index (χ1n) is 6.39. The van der Waals surface area contributed by atoms with Crippen molar-refractivity contribution in [1.29, 1.82) is 0 Å². The smallest absolute Gasteiger partial charge is 0.123 e.